The van der Waals surface area contributed by atoms with Gasteiger partial charge in [0.05, 0.1) is 21.3 Å². The Morgan fingerprint density at radius 3 is 2.05 bits per heavy atom. The monoisotopic (exact) mass is 267 g/mol. The first-order valence-corrected chi connectivity index (χ1v) is 6.55. The summed E-state index contributed by atoms with van der Waals surface area (Å²) in [5.74, 6) is 2.66. The molecule has 0 amide bonds. The fourth-order valence-corrected chi connectivity index (χ4v) is 2.27. The molecule has 0 heterocycles. The molecular formula is C15H25NO3. The number of rotatable bonds is 7. The second-order valence-electron chi connectivity index (χ2n) is 4.89. The van der Waals surface area contributed by atoms with Gasteiger partial charge in [-0.3, -0.25) is 0 Å². The molecule has 1 aromatic rings. The van der Waals surface area contributed by atoms with Crippen molar-refractivity contribution in [2.24, 2.45) is 5.92 Å². The molecular weight excluding hydrogens is 242 g/mol. The van der Waals surface area contributed by atoms with Crippen molar-refractivity contribution in [3.05, 3.63) is 17.7 Å². The zero-order valence-electron chi connectivity index (χ0n) is 12.7. The van der Waals surface area contributed by atoms with Crippen LogP contribution in [-0.2, 0) is 0 Å². The molecule has 0 bridgehead atoms. The van der Waals surface area contributed by atoms with Crippen LogP contribution in [0.1, 0.15) is 31.9 Å². The van der Waals surface area contributed by atoms with E-state index >= 15 is 0 Å². The maximum absolute atomic E-state index is 5.53. The highest BCUT2D eigenvalue weighted by Crippen LogP contribution is 2.43. The Kier molecular flexibility index (Phi) is 5.96. The second-order valence-corrected chi connectivity index (χ2v) is 4.89. The molecule has 0 radical (unpaired) electrons. The number of ether oxygens (including phenoxy) is 3. The van der Waals surface area contributed by atoms with Crippen LogP contribution in [0.4, 0.5) is 0 Å². The van der Waals surface area contributed by atoms with Crippen LogP contribution >= 0.6 is 0 Å². The van der Waals surface area contributed by atoms with Crippen molar-refractivity contribution < 1.29 is 14.2 Å². The highest BCUT2D eigenvalue weighted by atomic mass is 16.5. The first-order chi connectivity index (χ1) is 9.08. The standard InChI is InChI=1S/C15H25NO3/c1-10(2)9-12(16-3)11-7-8-13(17-4)15(19-6)14(11)18-5/h7-8,10,12,16H,9H2,1-6H3. The molecule has 4 heteroatoms. The largest absolute Gasteiger partial charge is 0.493 e. The number of nitrogens with one attached hydrogen (secondary N) is 1. The van der Waals surface area contributed by atoms with E-state index in [9.17, 15) is 0 Å². The minimum absolute atomic E-state index is 0.231. The van der Waals surface area contributed by atoms with Gasteiger partial charge in [-0.2, -0.15) is 0 Å². The third-order valence-electron chi connectivity index (χ3n) is 3.17. The van der Waals surface area contributed by atoms with Gasteiger partial charge in [0.25, 0.3) is 0 Å². The zero-order chi connectivity index (χ0) is 14.4. The van der Waals surface area contributed by atoms with E-state index in [1.165, 1.54) is 0 Å². The topological polar surface area (TPSA) is 39.7 Å². The Hall–Kier alpha value is -1.42. The summed E-state index contributed by atoms with van der Waals surface area (Å²) >= 11 is 0. The van der Waals surface area contributed by atoms with E-state index < -0.39 is 0 Å². The van der Waals surface area contributed by atoms with Gasteiger partial charge in [-0.15, -0.1) is 0 Å². The molecule has 0 saturated heterocycles. The van der Waals surface area contributed by atoms with E-state index in [2.05, 4.69) is 19.2 Å². The van der Waals surface area contributed by atoms with E-state index in [0.717, 1.165) is 17.7 Å². The molecule has 0 aromatic heterocycles. The van der Waals surface area contributed by atoms with E-state index in [-0.39, 0.29) is 6.04 Å². The van der Waals surface area contributed by atoms with Crippen LogP contribution in [0.15, 0.2) is 12.1 Å². The Labute approximate surface area is 116 Å². The molecule has 4 nitrogen and oxygen atoms in total. The normalized spacial score (nSPS) is 12.4. The van der Waals surface area contributed by atoms with Crippen LogP contribution in [0.2, 0.25) is 0 Å². The highest BCUT2D eigenvalue weighted by molar-refractivity contribution is 5.56. The van der Waals surface area contributed by atoms with Gasteiger partial charge in [-0.1, -0.05) is 13.8 Å². The summed E-state index contributed by atoms with van der Waals surface area (Å²) in [7, 11) is 6.87. The zero-order valence-corrected chi connectivity index (χ0v) is 12.7. The number of methoxy groups -OCH3 is 3. The lowest BCUT2D eigenvalue weighted by atomic mass is 9.96. The molecule has 1 atom stereocenters. The van der Waals surface area contributed by atoms with E-state index in [1.54, 1.807) is 21.3 Å². The predicted molar refractivity (Wildman–Crippen MR) is 77.4 cm³/mol. The quantitative estimate of drug-likeness (QED) is 0.824. The second kappa shape index (κ2) is 7.24. The first-order valence-electron chi connectivity index (χ1n) is 6.55. The summed E-state index contributed by atoms with van der Waals surface area (Å²) in [5, 5.41) is 3.34. The lowest BCUT2D eigenvalue weighted by Gasteiger charge is -2.23. The van der Waals surface area contributed by atoms with Gasteiger partial charge in [0, 0.05) is 11.6 Å². The molecule has 0 aliphatic heterocycles. The Morgan fingerprint density at radius 1 is 1.00 bits per heavy atom. The van der Waals surface area contributed by atoms with Crippen molar-refractivity contribution in [3.8, 4) is 17.2 Å². The Bertz CT molecular complexity index is 405. The lowest BCUT2D eigenvalue weighted by Crippen LogP contribution is -2.19. The molecule has 108 valence electrons. The van der Waals surface area contributed by atoms with Gasteiger partial charge in [0.15, 0.2) is 11.5 Å². The van der Waals surface area contributed by atoms with Crippen molar-refractivity contribution in [2.45, 2.75) is 26.3 Å². The van der Waals surface area contributed by atoms with Crippen LogP contribution in [0.5, 0.6) is 17.2 Å². The summed E-state index contributed by atoms with van der Waals surface area (Å²) in [4.78, 5) is 0. The van der Waals surface area contributed by atoms with Gasteiger partial charge in [-0.25, -0.2) is 0 Å². The van der Waals surface area contributed by atoms with Gasteiger partial charge >= 0.3 is 0 Å². The third kappa shape index (κ3) is 3.53. The Balaban J connectivity index is 3.26. The smallest absolute Gasteiger partial charge is 0.203 e. The molecule has 1 N–H and O–H groups in total. The molecule has 1 rings (SSSR count). The fraction of sp³-hybridized carbons (Fsp3) is 0.600. The number of benzene rings is 1. The van der Waals surface area contributed by atoms with Crippen LogP contribution < -0.4 is 19.5 Å². The summed E-state index contributed by atoms with van der Waals surface area (Å²) in [5.41, 5.74) is 1.09. The minimum Gasteiger partial charge on any atom is -0.493 e. The maximum Gasteiger partial charge on any atom is 0.203 e. The first kappa shape index (κ1) is 15.6. The van der Waals surface area contributed by atoms with Gasteiger partial charge in [-0.05, 0) is 31.5 Å². The SMILES string of the molecule is CNC(CC(C)C)c1ccc(OC)c(OC)c1OC. The summed E-state index contributed by atoms with van der Waals surface area (Å²) in [6, 6.07) is 4.18. The summed E-state index contributed by atoms with van der Waals surface area (Å²) < 4.78 is 16.3. The van der Waals surface area contributed by atoms with E-state index in [0.29, 0.717) is 17.4 Å². The summed E-state index contributed by atoms with van der Waals surface area (Å²) in [6.07, 6.45) is 1.03. The minimum atomic E-state index is 0.231. The lowest BCUT2D eigenvalue weighted by molar-refractivity contribution is 0.317. The van der Waals surface area contributed by atoms with Crippen molar-refractivity contribution >= 4 is 0 Å². The van der Waals surface area contributed by atoms with Crippen molar-refractivity contribution in [3.63, 3.8) is 0 Å². The summed E-state index contributed by atoms with van der Waals surface area (Å²) in [6.45, 7) is 4.41. The average Bonchev–Trinajstić information content (AvgIpc) is 2.42. The van der Waals surface area contributed by atoms with Crippen LogP contribution in [0.25, 0.3) is 0 Å². The van der Waals surface area contributed by atoms with Crippen LogP contribution in [0.3, 0.4) is 0 Å². The third-order valence-corrected chi connectivity index (χ3v) is 3.17. The molecule has 0 saturated carbocycles. The molecule has 0 fully saturated rings. The molecule has 0 aliphatic rings. The van der Waals surface area contributed by atoms with Gasteiger partial charge < -0.3 is 19.5 Å². The Morgan fingerprint density at radius 2 is 1.63 bits per heavy atom. The van der Waals surface area contributed by atoms with Crippen molar-refractivity contribution in [2.75, 3.05) is 28.4 Å². The highest BCUT2D eigenvalue weighted by Gasteiger charge is 2.21. The molecule has 1 unspecified atom stereocenters. The number of hydrogen-bond acceptors (Lipinski definition) is 4. The molecule has 0 aliphatic carbocycles. The predicted octanol–water partition coefficient (Wildman–Crippen LogP) is 3.02. The molecule has 1 aromatic carbocycles. The number of hydrogen-bond donors (Lipinski definition) is 1. The van der Waals surface area contributed by atoms with E-state index in [4.69, 9.17) is 14.2 Å². The molecule has 0 spiro atoms. The maximum atomic E-state index is 5.53. The van der Waals surface area contributed by atoms with Crippen molar-refractivity contribution in [1.82, 2.24) is 5.32 Å². The van der Waals surface area contributed by atoms with Crippen LogP contribution in [-0.4, -0.2) is 28.4 Å². The average molecular weight is 267 g/mol. The van der Waals surface area contributed by atoms with E-state index in [1.807, 2.05) is 19.2 Å². The van der Waals surface area contributed by atoms with Crippen LogP contribution in [0, 0.1) is 5.92 Å². The fourth-order valence-electron chi connectivity index (χ4n) is 2.27. The van der Waals surface area contributed by atoms with Gasteiger partial charge in [0.1, 0.15) is 0 Å². The molecule has 19 heavy (non-hydrogen) atoms. The van der Waals surface area contributed by atoms with Gasteiger partial charge in [0.2, 0.25) is 5.75 Å². The van der Waals surface area contributed by atoms with Crippen molar-refractivity contribution in [1.29, 1.82) is 0 Å².